The van der Waals surface area contributed by atoms with Crippen LogP contribution in [0.4, 0.5) is 5.69 Å². The van der Waals surface area contributed by atoms with Crippen molar-refractivity contribution in [2.45, 2.75) is 20.4 Å². The minimum Gasteiger partial charge on any atom is -0.399 e. The SMILES string of the molecule is Cc1ccc(C(=O)N(C)Cc2cc(N)ccc2Cl)c(C)c1. The Morgan fingerprint density at radius 3 is 2.57 bits per heavy atom. The average Bonchev–Trinajstić information content (AvgIpc) is 2.42. The summed E-state index contributed by atoms with van der Waals surface area (Å²) in [6.07, 6.45) is 0. The topological polar surface area (TPSA) is 46.3 Å². The third-order valence-corrected chi connectivity index (χ3v) is 3.81. The lowest BCUT2D eigenvalue weighted by atomic mass is 10.0. The minimum absolute atomic E-state index is 0.0222. The van der Waals surface area contributed by atoms with E-state index in [1.54, 1.807) is 30.1 Å². The molecular weight excluding hydrogens is 284 g/mol. The standard InChI is InChI=1S/C17H19ClN2O/c1-11-4-6-15(12(2)8-11)17(21)20(3)10-13-9-14(19)5-7-16(13)18/h4-9H,10,19H2,1-3H3. The third kappa shape index (κ3) is 3.56. The lowest BCUT2D eigenvalue weighted by Gasteiger charge is -2.19. The molecule has 0 radical (unpaired) electrons. The molecule has 110 valence electrons. The number of hydrogen-bond donors (Lipinski definition) is 1. The molecule has 2 N–H and O–H groups in total. The molecule has 0 fully saturated rings. The van der Waals surface area contributed by atoms with Gasteiger partial charge in [0.15, 0.2) is 0 Å². The number of amides is 1. The van der Waals surface area contributed by atoms with Gasteiger partial charge in [-0.1, -0.05) is 29.3 Å². The monoisotopic (exact) mass is 302 g/mol. The summed E-state index contributed by atoms with van der Waals surface area (Å²) in [5, 5.41) is 0.615. The first kappa shape index (κ1) is 15.4. The van der Waals surface area contributed by atoms with Gasteiger partial charge in [-0.05, 0) is 49.2 Å². The number of halogens is 1. The highest BCUT2D eigenvalue weighted by Crippen LogP contribution is 2.21. The van der Waals surface area contributed by atoms with Crippen LogP contribution in [0.5, 0.6) is 0 Å². The van der Waals surface area contributed by atoms with Crippen molar-refractivity contribution in [3.8, 4) is 0 Å². The van der Waals surface area contributed by atoms with Gasteiger partial charge in [0.25, 0.3) is 5.91 Å². The van der Waals surface area contributed by atoms with Crippen LogP contribution in [0.15, 0.2) is 36.4 Å². The second-order valence-electron chi connectivity index (χ2n) is 5.33. The van der Waals surface area contributed by atoms with E-state index in [4.69, 9.17) is 17.3 Å². The van der Waals surface area contributed by atoms with E-state index in [9.17, 15) is 4.79 Å². The summed E-state index contributed by atoms with van der Waals surface area (Å²) in [5.41, 5.74) is 10.1. The molecule has 0 unspecified atom stereocenters. The molecule has 0 spiro atoms. The normalized spacial score (nSPS) is 10.5. The highest BCUT2D eigenvalue weighted by Gasteiger charge is 2.15. The largest absolute Gasteiger partial charge is 0.399 e. The fraction of sp³-hybridized carbons (Fsp3) is 0.235. The van der Waals surface area contributed by atoms with Gasteiger partial charge in [-0.15, -0.1) is 0 Å². The molecule has 0 saturated carbocycles. The predicted molar refractivity (Wildman–Crippen MR) is 87.6 cm³/mol. The van der Waals surface area contributed by atoms with Gasteiger partial charge in [-0.25, -0.2) is 0 Å². The van der Waals surface area contributed by atoms with Crippen molar-refractivity contribution in [2.24, 2.45) is 0 Å². The molecule has 21 heavy (non-hydrogen) atoms. The van der Waals surface area contributed by atoms with Crippen LogP contribution in [-0.2, 0) is 6.54 Å². The molecule has 2 aromatic rings. The molecule has 2 aromatic carbocycles. The van der Waals surface area contributed by atoms with E-state index in [0.29, 0.717) is 22.8 Å². The number of nitrogen functional groups attached to an aromatic ring is 1. The second kappa shape index (κ2) is 6.19. The Hall–Kier alpha value is -2.00. The smallest absolute Gasteiger partial charge is 0.254 e. The molecule has 0 bridgehead atoms. The van der Waals surface area contributed by atoms with Crippen LogP contribution in [0.1, 0.15) is 27.0 Å². The van der Waals surface area contributed by atoms with E-state index in [1.807, 2.05) is 32.0 Å². The molecule has 2 rings (SSSR count). The number of anilines is 1. The van der Waals surface area contributed by atoms with Gasteiger partial charge in [0, 0.05) is 29.9 Å². The van der Waals surface area contributed by atoms with Crippen molar-refractivity contribution < 1.29 is 4.79 Å². The number of nitrogens with zero attached hydrogens (tertiary/aromatic N) is 1. The molecule has 0 aromatic heterocycles. The third-order valence-electron chi connectivity index (χ3n) is 3.44. The molecule has 1 amide bonds. The summed E-state index contributed by atoms with van der Waals surface area (Å²) >= 11 is 6.15. The predicted octanol–water partition coefficient (Wildman–Crippen LogP) is 3.81. The maximum atomic E-state index is 12.5. The van der Waals surface area contributed by atoms with Gasteiger partial charge in [0.05, 0.1) is 0 Å². The quantitative estimate of drug-likeness (QED) is 0.876. The second-order valence-corrected chi connectivity index (χ2v) is 5.74. The lowest BCUT2D eigenvalue weighted by Crippen LogP contribution is -2.27. The van der Waals surface area contributed by atoms with E-state index >= 15 is 0 Å². The zero-order valence-corrected chi connectivity index (χ0v) is 13.2. The number of carbonyl (C=O) groups excluding carboxylic acids is 1. The summed E-state index contributed by atoms with van der Waals surface area (Å²) in [6, 6.07) is 11.1. The van der Waals surface area contributed by atoms with E-state index in [0.717, 1.165) is 16.7 Å². The minimum atomic E-state index is -0.0222. The molecular formula is C17H19ClN2O. The number of nitrogens with two attached hydrogens (primary N) is 1. The fourth-order valence-corrected chi connectivity index (χ4v) is 2.48. The Balaban J connectivity index is 2.21. The lowest BCUT2D eigenvalue weighted by molar-refractivity contribution is 0.0784. The van der Waals surface area contributed by atoms with Crippen molar-refractivity contribution in [3.05, 3.63) is 63.7 Å². The van der Waals surface area contributed by atoms with E-state index in [2.05, 4.69) is 0 Å². The van der Waals surface area contributed by atoms with Crippen LogP contribution < -0.4 is 5.73 Å². The Bertz CT molecular complexity index is 682. The van der Waals surface area contributed by atoms with Crippen LogP contribution in [0.3, 0.4) is 0 Å². The summed E-state index contributed by atoms with van der Waals surface area (Å²) in [6.45, 7) is 4.38. The number of hydrogen-bond acceptors (Lipinski definition) is 2. The Morgan fingerprint density at radius 2 is 1.90 bits per heavy atom. The van der Waals surface area contributed by atoms with Crippen molar-refractivity contribution in [2.75, 3.05) is 12.8 Å². The summed E-state index contributed by atoms with van der Waals surface area (Å²) < 4.78 is 0. The van der Waals surface area contributed by atoms with Gasteiger partial charge in [-0.2, -0.15) is 0 Å². The average molecular weight is 303 g/mol. The van der Waals surface area contributed by atoms with E-state index in [-0.39, 0.29) is 5.91 Å². The Labute approximate surface area is 130 Å². The van der Waals surface area contributed by atoms with Crippen molar-refractivity contribution in [3.63, 3.8) is 0 Å². The van der Waals surface area contributed by atoms with E-state index < -0.39 is 0 Å². The van der Waals surface area contributed by atoms with E-state index in [1.165, 1.54) is 0 Å². The fourth-order valence-electron chi connectivity index (χ4n) is 2.30. The molecule has 4 heteroatoms. The van der Waals surface area contributed by atoms with Crippen molar-refractivity contribution >= 4 is 23.2 Å². The molecule has 0 atom stereocenters. The maximum Gasteiger partial charge on any atom is 0.254 e. The molecule has 3 nitrogen and oxygen atoms in total. The maximum absolute atomic E-state index is 12.5. The van der Waals surface area contributed by atoms with Gasteiger partial charge >= 0.3 is 0 Å². The van der Waals surface area contributed by atoms with Gasteiger partial charge in [-0.3, -0.25) is 4.79 Å². The Kier molecular flexibility index (Phi) is 4.53. The van der Waals surface area contributed by atoms with Crippen molar-refractivity contribution in [1.82, 2.24) is 4.90 Å². The summed E-state index contributed by atoms with van der Waals surface area (Å²) in [7, 11) is 1.77. The number of benzene rings is 2. The van der Waals surface area contributed by atoms with Gasteiger partial charge < -0.3 is 10.6 Å². The van der Waals surface area contributed by atoms with Crippen molar-refractivity contribution in [1.29, 1.82) is 0 Å². The zero-order valence-electron chi connectivity index (χ0n) is 12.5. The Morgan fingerprint density at radius 1 is 1.19 bits per heavy atom. The number of rotatable bonds is 3. The first-order chi connectivity index (χ1) is 9.88. The van der Waals surface area contributed by atoms with Gasteiger partial charge in [0.1, 0.15) is 0 Å². The van der Waals surface area contributed by atoms with Gasteiger partial charge in [0.2, 0.25) is 0 Å². The molecule has 0 heterocycles. The number of aryl methyl sites for hydroxylation is 2. The first-order valence-electron chi connectivity index (χ1n) is 6.75. The summed E-state index contributed by atoms with van der Waals surface area (Å²) in [4.78, 5) is 14.2. The number of carbonyl (C=O) groups is 1. The highest BCUT2D eigenvalue weighted by molar-refractivity contribution is 6.31. The molecule has 0 aliphatic rings. The van der Waals surface area contributed by atoms with Crippen LogP contribution in [-0.4, -0.2) is 17.9 Å². The summed E-state index contributed by atoms with van der Waals surface area (Å²) in [5.74, 6) is -0.0222. The molecule has 0 saturated heterocycles. The molecule has 0 aliphatic heterocycles. The first-order valence-corrected chi connectivity index (χ1v) is 7.13. The van der Waals surface area contributed by atoms with Crippen LogP contribution in [0, 0.1) is 13.8 Å². The zero-order chi connectivity index (χ0) is 15.6. The van der Waals surface area contributed by atoms with Crippen LogP contribution in [0.2, 0.25) is 5.02 Å². The highest BCUT2D eigenvalue weighted by atomic mass is 35.5. The molecule has 0 aliphatic carbocycles. The van der Waals surface area contributed by atoms with Crippen LogP contribution in [0.25, 0.3) is 0 Å². The van der Waals surface area contributed by atoms with Crippen LogP contribution >= 0.6 is 11.6 Å².